The molecule has 0 bridgehead atoms. The Morgan fingerprint density at radius 3 is 2.50 bits per heavy atom. The Balaban J connectivity index is 2.32. The molecule has 2 rings (SSSR count). The van der Waals surface area contributed by atoms with Crippen LogP contribution in [0.1, 0.15) is 10.4 Å². The van der Waals surface area contributed by atoms with E-state index in [4.69, 9.17) is 0 Å². The Kier molecular flexibility index (Phi) is 3.86. The first-order chi connectivity index (χ1) is 8.83. The highest BCUT2D eigenvalue weighted by Crippen LogP contribution is 2.13. The molecule has 0 aliphatic rings. The number of hydrogen-bond donors (Lipinski definition) is 0. The van der Waals surface area contributed by atoms with Crippen LogP contribution in [0.2, 0.25) is 0 Å². The van der Waals surface area contributed by atoms with Crippen molar-refractivity contribution in [1.82, 2.24) is 4.98 Å². The summed E-state index contributed by atoms with van der Waals surface area (Å²) in [6.45, 7) is 4.12. The molecule has 0 saturated heterocycles. The van der Waals surface area contributed by atoms with Gasteiger partial charge < -0.3 is 0 Å². The van der Waals surface area contributed by atoms with E-state index >= 15 is 0 Å². The third-order valence-corrected chi connectivity index (χ3v) is 2.50. The van der Waals surface area contributed by atoms with E-state index in [0.29, 0.717) is 17.9 Å². The summed E-state index contributed by atoms with van der Waals surface area (Å²) in [6, 6.07) is 14.7. The Morgan fingerprint density at radius 2 is 1.89 bits per heavy atom. The van der Waals surface area contributed by atoms with E-state index in [1.807, 2.05) is 36.4 Å². The summed E-state index contributed by atoms with van der Waals surface area (Å²) < 4.78 is 0. The predicted molar refractivity (Wildman–Crippen MR) is 72.6 cm³/mol. The molecule has 0 fully saturated rings. The number of rotatable bonds is 4. The smallest absolute Gasteiger partial charge is 0.259 e. The van der Waals surface area contributed by atoms with Gasteiger partial charge in [-0.15, -0.1) is 6.58 Å². The second-order valence-electron chi connectivity index (χ2n) is 3.76. The van der Waals surface area contributed by atoms with E-state index in [-0.39, 0.29) is 5.91 Å². The van der Waals surface area contributed by atoms with Crippen molar-refractivity contribution in [2.45, 2.75) is 0 Å². The van der Waals surface area contributed by atoms with E-state index in [1.165, 1.54) is 0 Å². The zero-order chi connectivity index (χ0) is 12.8. The fraction of sp³-hybridized carbons (Fsp3) is 0.0667. The van der Waals surface area contributed by atoms with Gasteiger partial charge >= 0.3 is 0 Å². The van der Waals surface area contributed by atoms with Crippen LogP contribution in [0, 0.1) is 0 Å². The van der Waals surface area contributed by atoms with Gasteiger partial charge in [-0.1, -0.05) is 30.3 Å². The van der Waals surface area contributed by atoms with Gasteiger partial charge in [-0.2, -0.15) is 0 Å². The average Bonchev–Trinajstić information content (AvgIpc) is 2.46. The van der Waals surface area contributed by atoms with E-state index in [2.05, 4.69) is 11.6 Å². The summed E-state index contributed by atoms with van der Waals surface area (Å²) in [7, 11) is 0. The van der Waals surface area contributed by atoms with Crippen molar-refractivity contribution in [2.75, 3.05) is 11.4 Å². The lowest BCUT2D eigenvalue weighted by Crippen LogP contribution is -2.31. The largest absolute Gasteiger partial charge is 0.289 e. The molecule has 0 aliphatic heterocycles. The molecular formula is C15H14N2O. The van der Waals surface area contributed by atoms with Gasteiger partial charge in [0, 0.05) is 18.3 Å². The molecule has 0 aliphatic carbocycles. The lowest BCUT2D eigenvalue weighted by Gasteiger charge is -2.19. The molecule has 3 nitrogen and oxygen atoms in total. The van der Waals surface area contributed by atoms with Crippen LogP contribution < -0.4 is 4.90 Å². The third-order valence-electron chi connectivity index (χ3n) is 2.50. The fourth-order valence-corrected chi connectivity index (χ4v) is 1.66. The minimum atomic E-state index is -0.0748. The molecule has 3 heteroatoms. The van der Waals surface area contributed by atoms with Crippen LogP contribution in [0.5, 0.6) is 0 Å². The molecule has 18 heavy (non-hydrogen) atoms. The zero-order valence-corrected chi connectivity index (χ0v) is 9.99. The molecule has 0 spiro atoms. The van der Waals surface area contributed by atoms with Crippen molar-refractivity contribution >= 4 is 11.7 Å². The minimum Gasteiger partial charge on any atom is -0.289 e. The quantitative estimate of drug-likeness (QED) is 0.767. The Morgan fingerprint density at radius 1 is 1.17 bits per heavy atom. The molecule has 90 valence electrons. The first kappa shape index (κ1) is 12.0. The van der Waals surface area contributed by atoms with Gasteiger partial charge in [0.15, 0.2) is 0 Å². The maximum atomic E-state index is 12.4. The molecular weight excluding hydrogens is 224 g/mol. The van der Waals surface area contributed by atoms with Crippen LogP contribution in [0.3, 0.4) is 0 Å². The lowest BCUT2D eigenvalue weighted by molar-refractivity contribution is 0.0989. The molecule has 0 unspecified atom stereocenters. The van der Waals surface area contributed by atoms with Crippen LogP contribution in [-0.4, -0.2) is 17.4 Å². The highest BCUT2D eigenvalue weighted by Gasteiger charge is 2.16. The maximum absolute atomic E-state index is 12.4. The number of hydrogen-bond acceptors (Lipinski definition) is 2. The van der Waals surface area contributed by atoms with Crippen LogP contribution in [-0.2, 0) is 0 Å². The number of carbonyl (C=O) groups is 1. The van der Waals surface area contributed by atoms with Crippen LogP contribution >= 0.6 is 0 Å². The van der Waals surface area contributed by atoms with Crippen molar-refractivity contribution in [3.63, 3.8) is 0 Å². The number of anilines is 1. The Hall–Kier alpha value is -2.42. The summed E-state index contributed by atoms with van der Waals surface area (Å²) in [5.74, 6) is 0.556. The molecule has 1 amide bonds. The second kappa shape index (κ2) is 5.77. The number of aromatic nitrogens is 1. The van der Waals surface area contributed by atoms with Crippen molar-refractivity contribution in [3.05, 3.63) is 72.9 Å². The van der Waals surface area contributed by atoms with Crippen molar-refractivity contribution in [3.8, 4) is 0 Å². The van der Waals surface area contributed by atoms with Gasteiger partial charge in [-0.05, 0) is 24.3 Å². The van der Waals surface area contributed by atoms with Gasteiger partial charge in [0.25, 0.3) is 5.91 Å². The summed E-state index contributed by atoms with van der Waals surface area (Å²) in [4.78, 5) is 18.2. The third kappa shape index (κ3) is 2.63. The monoisotopic (exact) mass is 238 g/mol. The predicted octanol–water partition coefficient (Wildman–Crippen LogP) is 2.91. The average molecular weight is 238 g/mol. The van der Waals surface area contributed by atoms with Crippen molar-refractivity contribution in [2.24, 2.45) is 0 Å². The first-order valence-corrected chi connectivity index (χ1v) is 5.72. The SMILES string of the molecule is C=CCN(C(=O)c1ccccc1)c1ccccn1. The molecule has 1 heterocycles. The van der Waals surface area contributed by atoms with Crippen LogP contribution in [0.25, 0.3) is 0 Å². The highest BCUT2D eigenvalue weighted by atomic mass is 16.2. The van der Waals surface area contributed by atoms with E-state index in [0.717, 1.165) is 0 Å². The summed E-state index contributed by atoms with van der Waals surface area (Å²) in [6.07, 6.45) is 3.36. The summed E-state index contributed by atoms with van der Waals surface area (Å²) >= 11 is 0. The van der Waals surface area contributed by atoms with E-state index in [9.17, 15) is 4.79 Å². The second-order valence-corrected chi connectivity index (χ2v) is 3.76. The molecule has 0 N–H and O–H groups in total. The fourth-order valence-electron chi connectivity index (χ4n) is 1.66. The van der Waals surface area contributed by atoms with Gasteiger partial charge in [0.2, 0.25) is 0 Å². The van der Waals surface area contributed by atoms with Crippen molar-refractivity contribution < 1.29 is 4.79 Å². The summed E-state index contributed by atoms with van der Waals surface area (Å²) in [5, 5.41) is 0. The molecule has 2 aromatic rings. The number of carbonyl (C=O) groups excluding carboxylic acids is 1. The van der Waals surface area contributed by atoms with Crippen molar-refractivity contribution in [1.29, 1.82) is 0 Å². The zero-order valence-electron chi connectivity index (χ0n) is 9.99. The summed E-state index contributed by atoms with van der Waals surface area (Å²) in [5.41, 5.74) is 0.644. The minimum absolute atomic E-state index is 0.0748. The first-order valence-electron chi connectivity index (χ1n) is 5.72. The van der Waals surface area contributed by atoms with E-state index < -0.39 is 0 Å². The highest BCUT2D eigenvalue weighted by molar-refractivity contribution is 6.05. The van der Waals surface area contributed by atoms with Gasteiger partial charge in [0.1, 0.15) is 5.82 Å². The number of benzene rings is 1. The molecule has 1 aromatic carbocycles. The molecule has 0 atom stereocenters. The molecule has 0 saturated carbocycles. The number of amides is 1. The van der Waals surface area contributed by atoms with Gasteiger partial charge in [-0.3, -0.25) is 9.69 Å². The van der Waals surface area contributed by atoms with Gasteiger partial charge in [0.05, 0.1) is 0 Å². The molecule has 1 aromatic heterocycles. The standard InChI is InChI=1S/C15H14N2O/c1-2-12-17(14-10-6-7-11-16-14)15(18)13-8-4-3-5-9-13/h2-11H,1,12H2. The number of nitrogens with zero attached hydrogens (tertiary/aromatic N) is 2. The normalized spacial score (nSPS) is 9.78. The maximum Gasteiger partial charge on any atom is 0.259 e. The topological polar surface area (TPSA) is 33.2 Å². The Bertz CT molecular complexity index is 523. The van der Waals surface area contributed by atoms with E-state index in [1.54, 1.807) is 29.3 Å². The Labute approximate surface area is 106 Å². The van der Waals surface area contributed by atoms with Crippen LogP contribution in [0.15, 0.2) is 67.4 Å². The number of pyridine rings is 1. The van der Waals surface area contributed by atoms with Gasteiger partial charge in [-0.25, -0.2) is 4.98 Å². The lowest BCUT2D eigenvalue weighted by atomic mass is 10.2. The molecule has 0 radical (unpaired) electrons. The van der Waals surface area contributed by atoms with Crippen LogP contribution in [0.4, 0.5) is 5.82 Å².